The SMILES string of the molecule is Cc1cccc(C(=O)[O-])c1.[Cd+2]. The van der Waals surface area contributed by atoms with E-state index in [1.54, 1.807) is 12.1 Å². The molecule has 3 heteroatoms. The fraction of sp³-hybridized carbons (Fsp3) is 0.125. The van der Waals surface area contributed by atoms with Gasteiger partial charge in [-0.25, -0.2) is 0 Å². The van der Waals surface area contributed by atoms with Gasteiger partial charge in [-0.15, -0.1) is 0 Å². The zero-order valence-corrected chi connectivity index (χ0v) is 10.4. The Kier molecular flexibility index (Phi) is 4.32. The van der Waals surface area contributed by atoms with Crippen LogP contribution in [-0.4, -0.2) is 5.97 Å². The van der Waals surface area contributed by atoms with Crippen molar-refractivity contribution in [1.29, 1.82) is 0 Å². The van der Waals surface area contributed by atoms with Crippen LogP contribution in [0, 0.1) is 6.92 Å². The van der Waals surface area contributed by atoms with Crippen LogP contribution in [0.5, 0.6) is 0 Å². The number of aromatic carboxylic acids is 1. The average molecular weight is 248 g/mol. The molecular weight excluding hydrogens is 240 g/mol. The van der Waals surface area contributed by atoms with E-state index in [9.17, 15) is 9.90 Å². The second-order valence-electron chi connectivity index (χ2n) is 2.16. The van der Waals surface area contributed by atoms with Gasteiger partial charge in [-0.05, 0) is 12.5 Å². The minimum Gasteiger partial charge on any atom is -0.545 e. The van der Waals surface area contributed by atoms with Gasteiger partial charge in [0.05, 0.1) is 5.97 Å². The van der Waals surface area contributed by atoms with Crippen LogP contribution in [0.1, 0.15) is 15.9 Å². The maximum absolute atomic E-state index is 10.2. The van der Waals surface area contributed by atoms with Gasteiger partial charge in [0.2, 0.25) is 0 Å². The van der Waals surface area contributed by atoms with Gasteiger partial charge in [-0.1, -0.05) is 29.8 Å². The third-order valence-electron chi connectivity index (χ3n) is 1.25. The summed E-state index contributed by atoms with van der Waals surface area (Å²) >= 11 is 0. The molecule has 0 spiro atoms. The first-order valence-electron chi connectivity index (χ1n) is 2.98. The van der Waals surface area contributed by atoms with Gasteiger partial charge in [0.1, 0.15) is 0 Å². The number of carbonyl (C=O) groups excluding carboxylic acids is 1. The van der Waals surface area contributed by atoms with Gasteiger partial charge in [0.25, 0.3) is 0 Å². The van der Waals surface area contributed by atoms with Crippen LogP contribution in [0.4, 0.5) is 0 Å². The van der Waals surface area contributed by atoms with Crippen molar-refractivity contribution in [2.45, 2.75) is 6.92 Å². The summed E-state index contributed by atoms with van der Waals surface area (Å²) in [6.45, 7) is 1.84. The van der Waals surface area contributed by atoms with E-state index in [2.05, 4.69) is 0 Å². The molecule has 0 aliphatic rings. The summed E-state index contributed by atoms with van der Waals surface area (Å²) in [5, 5.41) is 10.2. The van der Waals surface area contributed by atoms with Crippen LogP contribution >= 0.6 is 0 Å². The van der Waals surface area contributed by atoms with Crippen molar-refractivity contribution in [3.63, 3.8) is 0 Å². The molecule has 1 rings (SSSR count). The number of rotatable bonds is 1. The third-order valence-corrected chi connectivity index (χ3v) is 1.25. The first kappa shape index (κ1) is 10.6. The number of carboxylic acids is 1. The Morgan fingerprint density at radius 1 is 1.45 bits per heavy atom. The molecule has 52 valence electrons. The third kappa shape index (κ3) is 3.01. The topological polar surface area (TPSA) is 40.1 Å². The fourth-order valence-electron chi connectivity index (χ4n) is 0.772. The number of hydrogen-bond donors (Lipinski definition) is 0. The van der Waals surface area contributed by atoms with Crippen LogP contribution in [0.25, 0.3) is 0 Å². The maximum atomic E-state index is 10.2. The van der Waals surface area contributed by atoms with Gasteiger partial charge < -0.3 is 9.90 Å². The van der Waals surface area contributed by atoms with Gasteiger partial charge in [-0.2, -0.15) is 0 Å². The van der Waals surface area contributed by atoms with Crippen molar-refractivity contribution in [3.8, 4) is 0 Å². The first-order valence-corrected chi connectivity index (χ1v) is 2.98. The second-order valence-corrected chi connectivity index (χ2v) is 2.16. The van der Waals surface area contributed by atoms with Gasteiger partial charge >= 0.3 is 27.3 Å². The van der Waals surface area contributed by atoms with Crippen LogP contribution in [0.3, 0.4) is 0 Å². The Balaban J connectivity index is 0.000001000. The Morgan fingerprint density at radius 2 is 2.09 bits per heavy atom. The summed E-state index contributed by atoms with van der Waals surface area (Å²) in [6.07, 6.45) is 0. The summed E-state index contributed by atoms with van der Waals surface area (Å²) in [7, 11) is 0. The monoisotopic (exact) mass is 249 g/mol. The summed E-state index contributed by atoms with van der Waals surface area (Å²) in [5.41, 5.74) is 1.17. The molecule has 0 radical (unpaired) electrons. The van der Waals surface area contributed by atoms with E-state index in [0.29, 0.717) is 0 Å². The first-order chi connectivity index (χ1) is 4.70. The molecule has 0 aliphatic carbocycles. The number of carbonyl (C=O) groups is 1. The van der Waals surface area contributed by atoms with Crippen LogP contribution in [-0.2, 0) is 27.3 Å². The molecule has 0 atom stereocenters. The Morgan fingerprint density at radius 3 is 2.45 bits per heavy atom. The van der Waals surface area contributed by atoms with Crippen molar-refractivity contribution < 1.29 is 37.2 Å². The molecule has 1 aromatic rings. The summed E-state index contributed by atoms with van der Waals surface area (Å²) < 4.78 is 0. The molecule has 11 heavy (non-hydrogen) atoms. The van der Waals surface area contributed by atoms with Gasteiger partial charge in [0, 0.05) is 0 Å². The Bertz CT molecular complexity index is 258. The summed E-state index contributed by atoms with van der Waals surface area (Å²) in [6, 6.07) is 6.63. The molecule has 0 saturated carbocycles. The zero-order valence-electron chi connectivity index (χ0n) is 6.33. The minimum absolute atomic E-state index is 0. The van der Waals surface area contributed by atoms with Crippen molar-refractivity contribution >= 4 is 5.97 Å². The van der Waals surface area contributed by atoms with E-state index < -0.39 is 5.97 Å². The molecule has 0 fully saturated rings. The molecule has 0 N–H and O–H groups in total. The van der Waals surface area contributed by atoms with E-state index in [4.69, 9.17) is 0 Å². The molecular formula is C8H7CdO2+. The standard InChI is InChI=1S/C8H8O2.Cd/c1-6-3-2-4-7(5-6)8(9)10;/h2-5H,1H3,(H,9,10);/q;+2/p-1. The van der Waals surface area contributed by atoms with E-state index in [0.717, 1.165) is 5.56 Å². The number of carboxylic acid groups (broad SMARTS) is 1. The van der Waals surface area contributed by atoms with Crippen molar-refractivity contribution in [2.24, 2.45) is 0 Å². The quantitative estimate of drug-likeness (QED) is 0.672. The number of aryl methyl sites for hydroxylation is 1. The average Bonchev–Trinajstić information content (AvgIpc) is 1.88. The predicted molar refractivity (Wildman–Crippen MR) is 35.5 cm³/mol. The molecule has 2 nitrogen and oxygen atoms in total. The van der Waals surface area contributed by atoms with Crippen molar-refractivity contribution in [1.82, 2.24) is 0 Å². The molecule has 0 aromatic heterocycles. The van der Waals surface area contributed by atoms with Crippen LogP contribution < -0.4 is 5.11 Å². The fourth-order valence-corrected chi connectivity index (χ4v) is 0.772. The smallest absolute Gasteiger partial charge is 0.545 e. The molecule has 0 amide bonds. The largest absolute Gasteiger partial charge is 2.00 e. The molecule has 0 aliphatic heterocycles. The molecule has 0 heterocycles. The Hall–Kier alpha value is -0.388. The van der Waals surface area contributed by atoms with E-state index in [1.807, 2.05) is 13.0 Å². The predicted octanol–water partition coefficient (Wildman–Crippen LogP) is 0.356. The summed E-state index contributed by atoms with van der Waals surface area (Å²) in [4.78, 5) is 10.2. The van der Waals surface area contributed by atoms with Crippen LogP contribution in [0.2, 0.25) is 0 Å². The van der Waals surface area contributed by atoms with E-state index in [-0.39, 0.29) is 32.9 Å². The van der Waals surface area contributed by atoms with Gasteiger partial charge in [-0.3, -0.25) is 0 Å². The van der Waals surface area contributed by atoms with Crippen molar-refractivity contribution in [3.05, 3.63) is 35.4 Å². The normalized spacial score (nSPS) is 8.45. The van der Waals surface area contributed by atoms with Crippen molar-refractivity contribution in [2.75, 3.05) is 0 Å². The number of hydrogen-bond acceptors (Lipinski definition) is 2. The van der Waals surface area contributed by atoms with Gasteiger partial charge in [0.15, 0.2) is 0 Å². The zero-order chi connectivity index (χ0) is 7.56. The number of benzene rings is 1. The maximum Gasteiger partial charge on any atom is 2.00 e. The van der Waals surface area contributed by atoms with E-state index >= 15 is 0 Å². The second kappa shape index (κ2) is 4.48. The molecule has 0 unspecified atom stereocenters. The summed E-state index contributed by atoms with van der Waals surface area (Å²) in [5.74, 6) is -1.12. The molecule has 1 aromatic carbocycles. The van der Waals surface area contributed by atoms with Crippen LogP contribution in [0.15, 0.2) is 24.3 Å². The minimum atomic E-state index is -1.12. The molecule has 0 saturated heterocycles. The Labute approximate surface area is 85.4 Å². The van der Waals surface area contributed by atoms with E-state index in [1.165, 1.54) is 6.07 Å². The molecule has 0 bridgehead atoms.